The number of aromatic nitrogens is 4. The number of benzene rings is 1. The number of hydrogen-bond donors (Lipinski definition) is 1. The maximum Gasteiger partial charge on any atom is 0.219 e. The highest BCUT2D eigenvalue weighted by Gasteiger charge is 2.22. The fourth-order valence-corrected chi connectivity index (χ4v) is 6.39. The van der Waals surface area contributed by atoms with Crippen LogP contribution in [0, 0.1) is 0 Å². The Morgan fingerprint density at radius 3 is 2.24 bits per heavy atom. The van der Waals surface area contributed by atoms with Crippen molar-refractivity contribution < 1.29 is 9.36 Å². The Kier molecular flexibility index (Phi) is 14.8. The fourth-order valence-electron chi connectivity index (χ4n) is 6.39. The summed E-state index contributed by atoms with van der Waals surface area (Å²) < 4.78 is 4.40. The molecule has 0 spiro atoms. The summed E-state index contributed by atoms with van der Waals surface area (Å²) in [6.45, 7) is 7.48. The quantitative estimate of drug-likeness (QED) is 0.0764. The molecule has 45 heavy (non-hydrogen) atoms. The number of nitrogens with zero attached hydrogens (tertiary/aromatic N) is 4. The number of amides is 1. The topological polar surface area (TPSA) is 63.7 Å². The minimum atomic E-state index is 0.193. The molecule has 3 atom stereocenters. The van der Waals surface area contributed by atoms with E-state index in [9.17, 15) is 4.79 Å². The van der Waals surface area contributed by atoms with Gasteiger partial charge in [0, 0.05) is 62.9 Å². The van der Waals surface area contributed by atoms with Gasteiger partial charge in [0.25, 0.3) is 0 Å². The Balaban J connectivity index is 1.13. The first-order valence-electron chi connectivity index (χ1n) is 17.3. The Bertz CT molecular complexity index is 1330. The van der Waals surface area contributed by atoms with Crippen molar-refractivity contribution in [3.63, 3.8) is 0 Å². The lowest BCUT2D eigenvalue weighted by molar-refractivity contribution is -0.697. The molecule has 4 aromatic rings. The molecular weight excluding hydrogens is 554 g/mol. The second-order valence-electron chi connectivity index (χ2n) is 12.6. The van der Waals surface area contributed by atoms with Crippen molar-refractivity contribution in [3.8, 4) is 0 Å². The van der Waals surface area contributed by atoms with Crippen LogP contribution in [0.3, 0.4) is 0 Å². The smallest absolute Gasteiger partial charge is 0.219 e. The number of carbonyl (C=O) groups is 1. The van der Waals surface area contributed by atoms with E-state index in [1.807, 2.05) is 31.1 Å². The van der Waals surface area contributed by atoms with E-state index in [4.69, 9.17) is 0 Å². The highest BCUT2D eigenvalue weighted by Crippen LogP contribution is 2.38. The average Bonchev–Trinajstić information content (AvgIpc) is 3.61. The second-order valence-corrected chi connectivity index (χ2v) is 12.6. The van der Waals surface area contributed by atoms with Crippen LogP contribution in [-0.4, -0.2) is 27.0 Å². The van der Waals surface area contributed by atoms with Crippen LogP contribution >= 0.6 is 0 Å². The van der Waals surface area contributed by atoms with Crippen LogP contribution in [0.15, 0.2) is 98.1 Å². The second kappa shape index (κ2) is 19.6. The lowest BCUT2D eigenvalue weighted by atomic mass is 9.79. The van der Waals surface area contributed by atoms with Crippen LogP contribution in [0.5, 0.6) is 0 Å². The highest BCUT2D eigenvalue weighted by atomic mass is 16.1. The van der Waals surface area contributed by atoms with Gasteiger partial charge in [-0.1, -0.05) is 57.0 Å². The molecule has 1 N–H and O–H groups in total. The van der Waals surface area contributed by atoms with Crippen molar-refractivity contribution in [3.05, 3.63) is 115 Å². The molecule has 0 fully saturated rings. The van der Waals surface area contributed by atoms with Gasteiger partial charge in [-0.2, -0.15) is 0 Å². The molecule has 0 bridgehead atoms. The summed E-state index contributed by atoms with van der Waals surface area (Å²) in [4.78, 5) is 20.6. The lowest BCUT2D eigenvalue weighted by Gasteiger charge is -2.26. The highest BCUT2D eigenvalue weighted by molar-refractivity contribution is 5.75. The van der Waals surface area contributed by atoms with Gasteiger partial charge in [0.1, 0.15) is 6.54 Å². The molecule has 240 valence electrons. The van der Waals surface area contributed by atoms with Gasteiger partial charge in [0.2, 0.25) is 5.91 Å². The molecule has 0 aliphatic heterocycles. The van der Waals surface area contributed by atoms with E-state index in [-0.39, 0.29) is 5.91 Å². The number of unbranched alkanes of at least 4 members (excludes halogenated alkanes) is 5. The van der Waals surface area contributed by atoms with Gasteiger partial charge in [0.15, 0.2) is 12.4 Å². The van der Waals surface area contributed by atoms with Gasteiger partial charge < -0.3 is 9.88 Å². The Morgan fingerprint density at radius 1 is 0.778 bits per heavy atom. The molecule has 3 heterocycles. The number of imidazole rings is 1. The molecule has 1 amide bonds. The lowest BCUT2D eigenvalue weighted by Crippen LogP contribution is -2.32. The number of pyridine rings is 2. The maximum absolute atomic E-state index is 12.2. The predicted octanol–water partition coefficient (Wildman–Crippen LogP) is 8.36. The molecule has 1 aromatic carbocycles. The van der Waals surface area contributed by atoms with Crippen LogP contribution in [-0.2, 0) is 17.9 Å². The van der Waals surface area contributed by atoms with Crippen LogP contribution in [0.25, 0.3) is 0 Å². The molecule has 4 rings (SSSR count). The van der Waals surface area contributed by atoms with Crippen molar-refractivity contribution in [2.24, 2.45) is 0 Å². The zero-order chi connectivity index (χ0) is 31.5. The molecule has 0 radical (unpaired) electrons. The monoisotopic (exact) mass is 608 g/mol. The summed E-state index contributed by atoms with van der Waals surface area (Å²) in [5.41, 5.74) is 4.23. The Hall–Kier alpha value is -3.80. The number of nitrogens with one attached hydrogen (secondary N) is 1. The first kappa shape index (κ1) is 34.1. The SMILES string of the molecule is CCC(CC(CC(C)c1cc[n+](CCCCCC(=O)NCCCCCCn2ccnc2)cc1)c1ccncc1)c1ccccc1. The zero-order valence-corrected chi connectivity index (χ0v) is 27.6. The van der Waals surface area contributed by atoms with Gasteiger partial charge in [-0.25, -0.2) is 9.55 Å². The Labute approximate surface area is 271 Å². The average molecular weight is 609 g/mol. The third kappa shape index (κ3) is 12.3. The van der Waals surface area contributed by atoms with Crippen molar-refractivity contribution in [2.75, 3.05) is 6.54 Å². The molecule has 3 unspecified atom stereocenters. The molecule has 0 aliphatic rings. The normalized spacial score (nSPS) is 13.3. The number of hydrogen-bond acceptors (Lipinski definition) is 3. The third-order valence-corrected chi connectivity index (χ3v) is 9.18. The minimum Gasteiger partial charge on any atom is -0.356 e. The molecule has 6 nitrogen and oxygen atoms in total. The Morgan fingerprint density at radius 2 is 1.51 bits per heavy atom. The summed E-state index contributed by atoms with van der Waals surface area (Å²) in [6, 6.07) is 20.0. The standard InChI is InChI=1S/C39H53N5O/c1-3-34(36-14-8-6-9-15-36)31-38(37-17-22-40-23-18-37)30-33(2)35-19-27-43(28-20-35)25-13-7-10-16-39(45)42-21-11-4-5-12-26-44-29-24-41-32-44/h6,8-9,14-15,17-20,22-24,27-29,32-34,38H,3-5,7,10-13,16,21,25-26,30-31H2,1-2H3/p+1. The molecule has 0 saturated heterocycles. The number of carbonyl (C=O) groups excluding carboxylic acids is 1. The van der Waals surface area contributed by atoms with E-state index in [0.29, 0.717) is 24.2 Å². The molecule has 0 saturated carbocycles. The van der Waals surface area contributed by atoms with E-state index < -0.39 is 0 Å². The molecule has 6 heteroatoms. The van der Waals surface area contributed by atoms with Gasteiger partial charge in [-0.15, -0.1) is 0 Å². The van der Waals surface area contributed by atoms with E-state index in [1.54, 1.807) is 0 Å². The largest absolute Gasteiger partial charge is 0.356 e. The fraction of sp³-hybridized carbons (Fsp3) is 0.487. The number of aryl methyl sites for hydroxylation is 2. The van der Waals surface area contributed by atoms with E-state index in [0.717, 1.165) is 77.4 Å². The first-order valence-corrected chi connectivity index (χ1v) is 17.3. The van der Waals surface area contributed by atoms with Crippen LogP contribution in [0.4, 0.5) is 0 Å². The van der Waals surface area contributed by atoms with E-state index in [2.05, 4.69) is 105 Å². The van der Waals surface area contributed by atoms with Crippen molar-refractivity contribution in [1.82, 2.24) is 19.9 Å². The van der Waals surface area contributed by atoms with E-state index >= 15 is 0 Å². The molecule has 0 aliphatic carbocycles. The molecule has 3 aromatic heterocycles. The summed E-state index contributed by atoms with van der Waals surface area (Å²) in [5, 5.41) is 3.10. The van der Waals surface area contributed by atoms with Gasteiger partial charge >= 0.3 is 0 Å². The minimum absolute atomic E-state index is 0.193. The summed E-state index contributed by atoms with van der Waals surface area (Å²) in [6.07, 6.45) is 25.7. The van der Waals surface area contributed by atoms with Crippen LogP contribution < -0.4 is 9.88 Å². The van der Waals surface area contributed by atoms with Crippen molar-refractivity contribution in [1.29, 1.82) is 0 Å². The van der Waals surface area contributed by atoms with Gasteiger partial charge in [-0.3, -0.25) is 9.78 Å². The van der Waals surface area contributed by atoms with Crippen LogP contribution in [0.1, 0.15) is 119 Å². The number of rotatable bonds is 21. The predicted molar refractivity (Wildman–Crippen MR) is 183 cm³/mol. The van der Waals surface area contributed by atoms with Crippen molar-refractivity contribution >= 4 is 5.91 Å². The molecular formula is C39H54N5O+. The summed E-state index contributed by atoms with van der Waals surface area (Å²) in [7, 11) is 0. The van der Waals surface area contributed by atoms with Gasteiger partial charge in [-0.05, 0) is 91.5 Å². The zero-order valence-electron chi connectivity index (χ0n) is 27.6. The van der Waals surface area contributed by atoms with Gasteiger partial charge in [0.05, 0.1) is 6.33 Å². The third-order valence-electron chi connectivity index (χ3n) is 9.18. The van der Waals surface area contributed by atoms with Crippen molar-refractivity contribution in [2.45, 2.75) is 115 Å². The maximum atomic E-state index is 12.2. The first-order chi connectivity index (χ1) is 22.1. The summed E-state index contributed by atoms with van der Waals surface area (Å²) >= 11 is 0. The summed E-state index contributed by atoms with van der Waals surface area (Å²) in [5.74, 6) is 1.69. The van der Waals surface area contributed by atoms with E-state index in [1.165, 1.54) is 23.1 Å². The van der Waals surface area contributed by atoms with Crippen LogP contribution in [0.2, 0.25) is 0 Å².